The third kappa shape index (κ3) is 1.73. The van der Waals surface area contributed by atoms with Crippen molar-refractivity contribution in [1.29, 1.82) is 5.26 Å². The van der Waals surface area contributed by atoms with Crippen molar-refractivity contribution in [2.45, 2.75) is 6.92 Å². The van der Waals surface area contributed by atoms with Crippen LogP contribution in [0.2, 0.25) is 0 Å². The first-order valence-corrected chi connectivity index (χ1v) is 4.95. The SMILES string of the molecule is CCNc1nc(C#N)cc2cnc(N)cc12. The number of nitrogens with two attached hydrogens (primary N) is 1. The molecule has 0 aliphatic carbocycles. The number of anilines is 2. The summed E-state index contributed by atoms with van der Waals surface area (Å²) >= 11 is 0. The fourth-order valence-corrected chi connectivity index (χ4v) is 1.52. The Bertz CT molecular complexity index is 570. The van der Waals surface area contributed by atoms with E-state index >= 15 is 0 Å². The van der Waals surface area contributed by atoms with Gasteiger partial charge in [-0.3, -0.25) is 0 Å². The largest absolute Gasteiger partial charge is 0.384 e. The van der Waals surface area contributed by atoms with Gasteiger partial charge in [0.15, 0.2) is 0 Å². The van der Waals surface area contributed by atoms with E-state index in [0.29, 0.717) is 17.3 Å². The second kappa shape index (κ2) is 4.03. The first-order valence-electron chi connectivity index (χ1n) is 4.95. The Hall–Kier alpha value is -2.35. The fraction of sp³-hybridized carbons (Fsp3) is 0.182. The van der Waals surface area contributed by atoms with E-state index < -0.39 is 0 Å². The highest BCUT2D eigenvalue weighted by molar-refractivity contribution is 5.93. The molecule has 5 heteroatoms. The predicted molar refractivity (Wildman–Crippen MR) is 62.8 cm³/mol. The molecular weight excluding hydrogens is 202 g/mol. The lowest BCUT2D eigenvalue weighted by Crippen LogP contribution is -2.02. The number of rotatable bonds is 2. The number of pyridine rings is 2. The van der Waals surface area contributed by atoms with E-state index in [1.807, 2.05) is 13.0 Å². The Morgan fingerprint density at radius 1 is 1.50 bits per heavy atom. The molecule has 0 bridgehead atoms. The van der Waals surface area contributed by atoms with Crippen molar-refractivity contribution in [2.24, 2.45) is 0 Å². The Labute approximate surface area is 92.9 Å². The second-order valence-electron chi connectivity index (χ2n) is 3.33. The van der Waals surface area contributed by atoms with Crippen LogP contribution < -0.4 is 11.1 Å². The predicted octanol–water partition coefficient (Wildman–Crippen LogP) is 1.52. The zero-order valence-electron chi connectivity index (χ0n) is 8.86. The lowest BCUT2D eigenvalue weighted by Gasteiger charge is -2.07. The van der Waals surface area contributed by atoms with Crippen LogP contribution in [0.3, 0.4) is 0 Å². The van der Waals surface area contributed by atoms with Crippen molar-refractivity contribution in [3.8, 4) is 6.07 Å². The van der Waals surface area contributed by atoms with E-state index in [9.17, 15) is 0 Å². The number of hydrogen-bond donors (Lipinski definition) is 2. The summed E-state index contributed by atoms with van der Waals surface area (Å²) in [5.74, 6) is 1.11. The molecule has 2 rings (SSSR count). The zero-order chi connectivity index (χ0) is 11.5. The van der Waals surface area contributed by atoms with Crippen LogP contribution in [0.15, 0.2) is 18.3 Å². The molecule has 0 fully saturated rings. The van der Waals surface area contributed by atoms with Gasteiger partial charge in [-0.25, -0.2) is 9.97 Å². The second-order valence-corrected chi connectivity index (χ2v) is 3.33. The van der Waals surface area contributed by atoms with Crippen LogP contribution in [0.1, 0.15) is 12.6 Å². The summed E-state index contributed by atoms with van der Waals surface area (Å²) in [6, 6.07) is 5.47. The number of nitrogens with zero attached hydrogens (tertiary/aromatic N) is 3. The standard InChI is InChI=1S/C11H11N5/c1-2-14-11-9-4-10(13)15-6-7(9)3-8(5-12)16-11/h3-4,6H,2H2,1H3,(H2,13,15)(H,14,16). The van der Waals surface area contributed by atoms with Crippen molar-refractivity contribution >= 4 is 22.4 Å². The average Bonchev–Trinajstić information content (AvgIpc) is 2.30. The molecule has 2 aromatic rings. The molecule has 0 aliphatic rings. The Kier molecular flexibility index (Phi) is 2.56. The first kappa shape index (κ1) is 10.2. The lowest BCUT2D eigenvalue weighted by molar-refractivity contribution is 1.16. The van der Waals surface area contributed by atoms with E-state index in [2.05, 4.69) is 15.3 Å². The summed E-state index contributed by atoms with van der Waals surface area (Å²) in [5, 5.41) is 13.7. The molecule has 0 aliphatic heterocycles. The van der Waals surface area contributed by atoms with Gasteiger partial charge >= 0.3 is 0 Å². The molecule has 16 heavy (non-hydrogen) atoms. The van der Waals surface area contributed by atoms with E-state index in [-0.39, 0.29) is 0 Å². The minimum atomic E-state index is 0.370. The number of aromatic nitrogens is 2. The van der Waals surface area contributed by atoms with Crippen LogP contribution in [-0.2, 0) is 0 Å². The minimum absolute atomic E-state index is 0.370. The fourth-order valence-electron chi connectivity index (χ4n) is 1.52. The van der Waals surface area contributed by atoms with Gasteiger partial charge in [-0.2, -0.15) is 5.26 Å². The molecule has 0 saturated heterocycles. The number of hydrogen-bond acceptors (Lipinski definition) is 5. The molecule has 2 heterocycles. The summed E-state index contributed by atoms with van der Waals surface area (Å²) in [7, 11) is 0. The van der Waals surface area contributed by atoms with Crippen LogP contribution in [0.25, 0.3) is 10.8 Å². The van der Waals surface area contributed by atoms with Crippen LogP contribution in [0.5, 0.6) is 0 Å². The molecule has 0 saturated carbocycles. The number of nitriles is 1. The van der Waals surface area contributed by atoms with Gasteiger partial charge in [0, 0.05) is 23.5 Å². The summed E-state index contributed by atoms with van der Waals surface area (Å²) in [6.07, 6.45) is 1.65. The highest BCUT2D eigenvalue weighted by Gasteiger charge is 2.06. The normalized spacial score (nSPS) is 10.0. The van der Waals surface area contributed by atoms with Crippen molar-refractivity contribution < 1.29 is 0 Å². The Balaban J connectivity index is 2.73. The van der Waals surface area contributed by atoms with Crippen molar-refractivity contribution in [1.82, 2.24) is 9.97 Å². The van der Waals surface area contributed by atoms with Crippen LogP contribution >= 0.6 is 0 Å². The molecule has 0 spiro atoms. The molecule has 0 amide bonds. The summed E-state index contributed by atoms with van der Waals surface area (Å²) in [5.41, 5.74) is 6.00. The molecule has 2 aromatic heterocycles. The molecule has 0 atom stereocenters. The highest BCUT2D eigenvalue weighted by atomic mass is 15.0. The first-order chi connectivity index (χ1) is 7.74. The molecule has 80 valence electrons. The number of nitrogens with one attached hydrogen (secondary N) is 1. The van der Waals surface area contributed by atoms with Crippen molar-refractivity contribution in [2.75, 3.05) is 17.6 Å². The monoisotopic (exact) mass is 213 g/mol. The molecule has 0 unspecified atom stereocenters. The minimum Gasteiger partial charge on any atom is -0.384 e. The van der Waals surface area contributed by atoms with E-state index in [1.165, 1.54) is 0 Å². The zero-order valence-corrected chi connectivity index (χ0v) is 8.86. The third-order valence-corrected chi connectivity index (χ3v) is 2.19. The quantitative estimate of drug-likeness (QED) is 0.789. The van der Waals surface area contributed by atoms with Crippen LogP contribution in [0.4, 0.5) is 11.6 Å². The van der Waals surface area contributed by atoms with Crippen molar-refractivity contribution in [3.05, 3.63) is 24.0 Å². The maximum Gasteiger partial charge on any atom is 0.143 e. The van der Waals surface area contributed by atoms with Gasteiger partial charge in [0.1, 0.15) is 23.4 Å². The summed E-state index contributed by atoms with van der Waals surface area (Å²) in [6.45, 7) is 2.70. The van der Waals surface area contributed by atoms with Crippen LogP contribution in [0, 0.1) is 11.3 Å². The topological polar surface area (TPSA) is 87.6 Å². The maximum absolute atomic E-state index is 8.86. The van der Waals surface area contributed by atoms with Crippen LogP contribution in [-0.4, -0.2) is 16.5 Å². The molecule has 5 nitrogen and oxygen atoms in total. The van der Waals surface area contributed by atoms with Gasteiger partial charge < -0.3 is 11.1 Å². The van der Waals surface area contributed by atoms with E-state index in [0.717, 1.165) is 17.3 Å². The third-order valence-electron chi connectivity index (χ3n) is 2.19. The van der Waals surface area contributed by atoms with E-state index in [4.69, 9.17) is 11.0 Å². The van der Waals surface area contributed by atoms with Gasteiger partial charge in [-0.05, 0) is 19.1 Å². The lowest BCUT2D eigenvalue weighted by atomic mass is 10.2. The summed E-state index contributed by atoms with van der Waals surface area (Å²) < 4.78 is 0. The van der Waals surface area contributed by atoms with Gasteiger partial charge in [0.2, 0.25) is 0 Å². The van der Waals surface area contributed by atoms with Gasteiger partial charge in [0.05, 0.1) is 0 Å². The maximum atomic E-state index is 8.86. The van der Waals surface area contributed by atoms with Gasteiger partial charge in [-0.15, -0.1) is 0 Å². The molecule has 0 radical (unpaired) electrons. The van der Waals surface area contributed by atoms with Gasteiger partial charge in [0.25, 0.3) is 0 Å². The molecule has 3 N–H and O–H groups in total. The molecular formula is C11H11N5. The van der Waals surface area contributed by atoms with Crippen molar-refractivity contribution in [3.63, 3.8) is 0 Å². The highest BCUT2D eigenvalue weighted by Crippen LogP contribution is 2.23. The van der Waals surface area contributed by atoms with E-state index in [1.54, 1.807) is 18.3 Å². The number of fused-ring (bicyclic) bond motifs is 1. The number of nitrogen functional groups attached to an aromatic ring is 1. The Morgan fingerprint density at radius 3 is 3.00 bits per heavy atom. The Morgan fingerprint density at radius 2 is 2.31 bits per heavy atom. The summed E-state index contributed by atoms with van der Waals surface area (Å²) in [4.78, 5) is 8.19. The smallest absolute Gasteiger partial charge is 0.143 e. The van der Waals surface area contributed by atoms with Gasteiger partial charge in [-0.1, -0.05) is 0 Å². The average molecular weight is 213 g/mol. The molecule has 0 aromatic carbocycles.